The lowest BCUT2D eigenvalue weighted by Crippen LogP contribution is -2.17. The van der Waals surface area contributed by atoms with Crippen LogP contribution >= 0.6 is 11.6 Å². The van der Waals surface area contributed by atoms with Crippen LogP contribution in [0.3, 0.4) is 0 Å². The van der Waals surface area contributed by atoms with Gasteiger partial charge in [-0.15, -0.1) is 0 Å². The fraction of sp³-hybridized carbons (Fsp3) is 0.238. The van der Waals surface area contributed by atoms with Gasteiger partial charge in [0.05, 0.1) is 32.1 Å². The van der Waals surface area contributed by atoms with Gasteiger partial charge in [-0.2, -0.15) is 5.10 Å². The molecule has 0 saturated carbocycles. The normalized spacial score (nSPS) is 10.5. The maximum Gasteiger partial charge on any atom is 0.271 e. The van der Waals surface area contributed by atoms with Crippen molar-refractivity contribution in [1.82, 2.24) is 5.43 Å². The first-order valence-corrected chi connectivity index (χ1v) is 9.17. The second kappa shape index (κ2) is 11.0. The zero-order valence-electron chi connectivity index (χ0n) is 16.5. The van der Waals surface area contributed by atoms with Gasteiger partial charge in [-0.25, -0.2) is 5.43 Å². The summed E-state index contributed by atoms with van der Waals surface area (Å²) in [5, 5.41) is 4.34. The van der Waals surface area contributed by atoms with E-state index in [4.69, 9.17) is 30.5 Å². The van der Waals surface area contributed by atoms with Crippen LogP contribution in [0.4, 0.5) is 0 Å². The maximum atomic E-state index is 12.4. The zero-order valence-corrected chi connectivity index (χ0v) is 17.3. The van der Waals surface area contributed by atoms with Crippen molar-refractivity contribution in [3.63, 3.8) is 0 Å². The molecule has 0 radical (unpaired) electrons. The van der Waals surface area contributed by atoms with Crippen LogP contribution in [0.15, 0.2) is 48.1 Å². The molecule has 7 nitrogen and oxygen atoms in total. The predicted molar refractivity (Wildman–Crippen MR) is 113 cm³/mol. The molecule has 0 aliphatic rings. The highest BCUT2D eigenvalue weighted by Crippen LogP contribution is 2.35. The van der Waals surface area contributed by atoms with Crippen LogP contribution in [0, 0.1) is 0 Å². The third kappa shape index (κ3) is 5.89. The summed E-state index contributed by atoms with van der Waals surface area (Å²) in [7, 11) is 3.01. The largest absolute Gasteiger partial charge is 0.493 e. The number of hydrazone groups is 1. The standard InChI is InChI=1S/C21H23ClN2O5/c1-5-9-29-17-8-7-15(12-18(17)28-6-2)21(25)24-23-13-14-10-16(22)20(27-4)19(11-14)26-3/h5,7-8,10-13H,1,6,9H2,2-4H3,(H,24,25)/b23-13+. The molecular weight excluding hydrogens is 396 g/mol. The molecule has 0 unspecified atom stereocenters. The summed E-state index contributed by atoms with van der Waals surface area (Å²) in [6.07, 6.45) is 3.09. The van der Waals surface area contributed by atoms with E-state index in [1.54, 1.807) is 36.4 Å². The summed E-state index contributed by atoms with van der Waals surface area (Å²) >= 11 is 6.16. The molecule has 0 aromatic heterocycles. The topological polar surface area (TPSA) is 78.4 Å². The van der Waals surface area contributed by atoms with Crippen molar-refractivity contribution >= 4 is 23.7 Å². The average molecular weight is 419 g/mol. The lowest BCUT2D eigenvalue weighted by Gasteiger charge is -2.12. The Morgan fingerprint density at radius 1 is 1.14 bits per heavy atom. The monoisotopic (exact) mass is 418 g/mol. The van der Waals surface area contributed by atoms with E-state index in [0.29, 0.717) is 52.4 Å². The SMILES string of the molecule is C=CCOc1ccc(C(=O)N/N=C/c2cc(Cl)c(OC)c(OC)c2)cc1OCC. The number of benzene rings is 2. The van der Waals surface area contributed by atoms with Crippen LogP contribution in [0.2, 0.25) is 5.02 Å². The van der Waals surface area contributed by atoms with Crippen LogP contribution in [-0.2, 0) is 0 Å². The second-order valence-corrected chi connectivity index (χ2v) is 6.04. The number of hydrogen-bond donors (Lipinski definition) is 1. The predicted octanol–water partition coefficient (Wildman–Crippen LogP) is 4.08. The van der Waals surface area contributed by atoms with Gasteiger partial charge >= 0.3 is 0 Å². The van der Waals surface area contributed by atoms with Gasteiger partial charge in [0, 0.05) is 5.56 Å². The summed E-state index contributed by atoms with van der Waals surface area (Å²) in [6, 6.07) is 8.23. The molecule has 2 aromatic carbocycles. The second-order valence-electron chi connectivity index (χ2n) is 5.63. The molecule has 154 valence electrons. The summed E-state index contributed by atoms with van der Waals surface area (Å²) in [5.41, 5.74) is 3.48. The Labute approximate surface area is 174 Å². The van der Waals surface area contributed by atoms with E-state index in [1.807, 2.05) is 6.92 Å². The minimum absolute atomic E-state index is 0.337. The van der Waals surface area contributed by atoms with Gasteiger partial charge in [-0.3, -0.25) is 4.79 Å². The molecule has 0 saturated heterocycles. The smallest absolute Gasteiger partial charge is 0.271 e. The molecule has 0 bridgehead atoms. The minimum Gasteiger partial charge on any atom is -0.493 e. The molecule has 0 aliphatic heterocycles. The van der Waals surface area contributed by atoms with E-state index in [9.17, 15) is 4.79 Å². The third-order valence-electron chi connectivity index (χ3n) is 3.70. The van der Waals surface area contributed by atoms with Gasteiger partial charge < -0.3 is 18.9 Å². The Morgan fingerprint density at radius 3 is 2.59 bits per heavy atom. The van der Waals surface area contributed by atoms with E-state index in [2.05, 4.69) is 17.1 Å². The van der Waals surface area contributed by atoms with E-state index < -0.39 is 5.91 Å². The number of carbonyl (C=O) groups excluding carboxylic acids is 1. The Morgan fingerprint density at radius 2 is 1.93 bits per heavy atom. The van der Waals surface area contributed by atoms with Crippen molar-refractivity contribution in [2.45, 2.75) is 6.92 Å². The third-order valence-corrected chi connectivity index (χ3v) is 3.98. The molecule has 8 heteroatoms. The van der Waals surface area contributed by atoms with Gasteiger partial charge in [0.1, 0.15) is 6.61 Å². The van der Waals surface area contributed by atoms with Crippen LogP contribution in [0.5, 0.6) is 23.0 Å². The van der Waals surface area contributed by atoms with Crippen molar-refractivity contribution in [2.75, 3.05) is 27.4 Å². The highest BCUT2D eigenvalue weighted by atomic mass is 35.5. The number of rotatable bonds is 10. The Bertz CT molecular complexity index is 899. The quantitative estimate of drug-likeness (QED) is 0.357. The molecule has 1 amide bonds. The average Bonchev–Trinajstić information content (AvgIpc) is 2.72. The number of nitrogens with one attached hydrogen (secondary N) is 1. The van der Waals surface area contributed by atoms with Gasteiger partial charge in [0.25, 0.3) is 5.91 Å². The Kier molecular flexibility index (Phi) is 8.36. The zero-order chi connectivity index (χ0) is 21.2. The molecule has 0 fully saturated rings. The van der Waals surface area contributed by atoms with Crippen molar-refractivity contribution in [1.29, 1.82) is 0 Å². The lowest BCUT2D eigenvalue weighted by molar-refractivity contribution is 0.0954. The fourth-order valence-electron chi connectivity index (χ4n) is 2.43. The van der Waals surface area contributed by atoms with Crippen LogP contribution in [0.1, 0.15) is 22.8 Å². The highest BCUT2D eigenvalue weighted by Gasteiger charge is 2.12. The van der Waals surface area contributed by atoms with Crippen LogP contribution in [0.25, 0.3) is 0 Å². The molecular formula is C21H23ClN2O5. The number of methoxy groups -OCH3 is 2. The molecule has 0 spiro atoms. The number of carbonyl (C=O) groups is 1. The first kappa shape index (κ1) is 22.1. The van der Waals surface area contributed by atoms with Crippen LogP contribution in [-0.4, -0.2) is 39.6 Å². The van der Waals surface area contributed by atoms with Crippen molar-refractivity contribution in [3.05, 3.63) is 59.1 Å². The van der Waals surface area contributed by atoms with Gasteiger partial charge in [-0.1, -0.05) is 24.3 Å². The van der Waals surface area contributed by atoms with Gasteiger partial charge in [0.15, 0.2) is 23.0 Å². The lowest BCUT2D eigenvalue weighted by atomic mass is 10.2. The molecule has 0 aliphatic carbocycles. The number of amides is 1. The maximum absolute atomic E-state index is 12.4. The highest BCUT2D eigenvalue weighted by molar-refractivity contribution is 6.32. The fourth-order valence-corrected chi connectivity index (χ4v) is 2.72. The van der Waals surface area contributed by atoms with E-state index >= 15 is 0 Å². The van der Waals surface area contributed by atoms with Gasteiger partial charge in [0.2, 0.25) is 0 Å². The molecule has 2 rings (SSSR count). The van der Waals surface area contributed by atoms with Gasteiger partial charge in [-0.05, 0) is 42.8 Å². The molecule has 2 aromatic rings. The van der Waals surface area contributed by atoms with Crippen molar-refractivity contribution < 1.29 is 23.7 Å². The first-order valence-electron chi connectivity index (χ1n) is 8.79. The summed E-state index contributed by atoms with van der Waals surface area (Å²) in [5.74, 6) is 1.50. The van der Waals surface area contributed by atoms with E-state index in [1.165, 1.54) is 20.4 Å². The van der Waals surface area contributed by atoms with E-state index in [0.717, 1.165) is 0 Å². The molecule has 0 heterocycles. The Balaban J connectivity index is 2.13. The summed E-state index contributed by atoms with van der Waals surface area (Å²) < 4.78 is 21.5. The van der Waals surface area contributed by atoms with Crippen molar-refractivity contribution in [2.24, 2.45) is 5.10 Å². The summed E-state index contributed by atoms with van der Waals surface area (Å²) in [6.45, 7) is 6.24. The van der Waals surface area contributed by atoms with Crippen molar-refractivity contribution in [3.8, 4) is 23.0 Å². The molecule has 1 N–H and O–H groups in total. The Hall–Kier alpha value is -3.19. The molecule has 29 heavy (non-hydrogen) atoms. The number of halogens is 1. The molecule has 0 atom stereocenters. The van der Waals surface area contributed by atoms with Crippen LogP contribution < -0.4 is 24.4 Å². The first-order chi connectivity index (χ1) is 14.0. The number of ether oxygens (including phenoxy) is 4. The summed E-state index contributed by atoms with van der Waals surface area (Å²) in [4.78, 5) is 12.4. The number of nitrogens with zero attached hydrogens (tertiary/aromatic N) is 1. The minimum atomic E-state index is -0.399. The number of hydrogen-bond acceptors (Lipinski definition) is 6. The van der Waals surface area contributed by atoms with E-state index in [-0.39, 0.29) is 0 Å².